The number of rotatable bonds is 1. The van der Waals surface area contributed by atoms with Gasteiger partial charge in [-0.1, -0.05) is 20.8 Å². The number of carbonyl (C=O) groups is 3. The number of allylic oxidation sites excluding steroid dienone is 4. The van der Waals surface area contributed by atoms with Crippen molar-refractivity contribution < 1.29 is 29.0 Å². The molecule has 1 saturated carbocycles. The van der Waals surface area contributed by atoms with E-state index in [0.29, 0.717) is 12.0 Å². The smallest absolute Gasteiger partial charge is 0.306 e. The zero-order valence-electron chi connectivity index (χ0n) is 16.4. The lowest BCUT2D eigenvalue weighted by molar-refractivity contribution is -0.216. The van der Waals surface area contributed by atoms with E-state index in [0.717, 1.165) is 0 Å². The van der Waals surface area contributed by atoms with Gasteiger partial charge in [0.2, 0.25) is 11.6 Å². The molecule has 0 aromatic rings. The van der Waals surface area contributed by atoms with E-state index in [-0.39, 0.29) is 47.4 Å². The number of aliphatic hydroxyl groups is 1. The summed E-state index contributed by atoms with van der Waals surface area (Å²) in [6.07, 6.45) is 1.98. The summed E-state index contributed by atoms with van der Waals surface area (Å²) in [5.41, 5.74) is -1.21. The first-order chi connectivity index (χ1) is 12.6. The van der Waals surface area contributed by atoms with Gasteiger partial charge in [0.15, 0.2) is 11.5 Å². The van der Waals surface area contributed by atoms with Crippen molar-refractivity contribution in [1.82, 2.24) is 0 Å². The Labute approximate surface area is 158 Å². The third-order valence-electron chi connectivity index (χ3n) is 7.92. The van der Waals surface area contributed by atoms with E-state index in [2.05, 4.69) is 0 Å². The number of ether oxygens (including phenoxy) is 2. The Morgan fingerprint density at radius 3 is 2.56 bits per heavy atom. The number of carbonyl (C=O) groups excluding carboxylic acids is 3. The average molecular weight is 374 g/mol. The molecule has 4 rings (SSSR count). The maximum absolute atomic E-state index is 13.4. The van der Waals surface area contributed by atoms with Crippen molar-refractivity contribution in [3.05, 3.63) is 23.2 Å². The van der Waals surface area contributed by atoms with Crippen LogP contribution in [0.3, 0.4) is 0 Å². The van der Waals surface area contributed by atoms with Crippen molar-refractivity contribution in [3.8, 4) is 0 Å². The molecular formula is C21H26O6. The zero-order valence-corrected chi connectivity index (χ0v) is 16.4. The predicted molar refractivity (Wildman–Crippen MR) is 95.4 cm³/mol. The normalized spacial score (nSPS) is 46.3. The van der Waals surface area contributed by atoms with Gasteiger partial charge in [-0.2, -0.15) is 0 Å². The Morgan fingerprint density at radius 1 is 1.26 bits per heavy atom. The first-order valence-electron chi connectivity index (χ1n) is 9.52. The molecule has 7 unspecified atom stereocenters. The number of Topliss-reactive ketones (excluding diaryl/α,β-unsaturated/α-hetero) is 2. The van der Waals surface area contributed by atoms with Crippen LogP contribution in [0.15, 0.2) is 23.2 Å². The third-order valence-corrected chi connectivity index (χ3v) is 7.92. The summed E-state index contributed by atoms with van der Waals surface area (Å²) < 4.78 is 11.1. The average Bonchev–Trinajstić information content (AvgIpc) is 2.61. The first kappa shape index (κ1) is 18.3. The van der Waals surface area contributed by atoms with Crippen molar-refractivity contribution in [2.24, 2.45) is 34.5 Å². The van der Waals surface area contributed by atoms with Crippen molar-refractivity contribution >= 4 is 17.5 Å². The molecular weight excluding hydrogens is 348 g/mol. The fraction of sp³-hybridized carbons (Fsp3) is 0.667. The van der Waals surface area contributed by atoms with Crippen LogP contribution < -0.4 is 0 Å². The highest BCUT2D eigenvalue weighted by Gasteiger charge is 2.71. The van der Waals surface area contributed by atoms with Gasteiger partial charge in [0.1, 0.15) is 6.10 Å². The van der Waals surface area contributed by atoms with E-state index in [1.807, 2.05) is 20.8 Å². The van der Waals surface area contributed by atoms with Crippen LogP contribution in [0.2, 0.25) is 0 Å². The number of hydrogen-bond acceptors (Lipinski definition) is 6. The van der Waals surface area contributed by atoms with Crippen LogP contribution >= 0.6 is 0 Å². The second-order valence-electron chi connectivity index (χ2n) is 8.98. The molecule has 7 atom stereocenters. The van der Waals surface area contributed by atoms with E-state index < -0.39 is 28.6 Å². The molecule has 6 nitrogen and oxygen atoms in total. The molecule has 4 aliphatic rings. The van der Waals surface area contributed by atoms with Crippen molar-refractivity contribution in [3.63, 3.8) is 0 Å². The standard InChI is InChI=1S/C21H26O6/c1-9-6-13(26-5)19(25)21(4)11(9)7-14-20(3)12(8-15(22)27-14)10(2)16(23)17(24)18(20)21/h6,9,11-12,14,18,23H,7-8H2,1-5H3. The summed E-state index contributed by atoms with van der Waals surface area (Å²) in [6, 6.07) is 0. The molecule has 0 aromatic carbocycles. The van der Waals surface area contributed by atoms with E-state index >= 15 is 0 Å². The summed E-state index contributed by atoms with van der Waals surface area (Å²) in [4.78, 5) is 39.0. The highest BCUT2D eigenvalue weighted by atomic mass is 16.5. The minimum atomic E-state index is -1.02. The Bertz CT molecular complexity index is 823. The Hall–Kier alpha value is -2.11. The van der Waals surface area contributed by atoms with Crippen LogP contribution in [0.5, 0.6) is 0 Å². The van der Waals surface area contributed by atoms with Gasteiger partial charge in [0, 0.05) is 22.7 Å². The molecule has 0 radical (unpaired) electrons. The van der Waals surface area contributed by atoms with Crippen LogP contribution in [-0.4, -0.2) is 35.9 Å². The molecule has 1 N–H and O–H groups in total. The molecule has 1 saturated heterocycles. The quantitative estimate of drug-likeness (QED) is 0.710. The molecule has 0 spiro atoms. The molecule has 6 heteroatoms. The van der Waals surface area contributed by atoms with Gasteiger partial charge < -0.3 is 14.6 Å². The predicted octanol–water partition coefficient (Wildman–Crippen LogP) is 2.73. The first-order valence-corrected chi connectivity index (χ1v) is 9.52. The van der Waals surface area contributed by atoms with E-state index in [9.17, 15) is 19.5 Å². The van der Waals surface area contributed by atoms with E-state index in [4.69, 9.17) is 9.47 Å². The summed E-state index contributed by atoms with van der Waals surface area (Å²) in [5, 5.41) is 10.6. The lowest BCUT2D eigenvalue weighted by Gasteiger charge is -2.63. The van der Waals surface area contributed by atoms with Crippen LogP contribution in [0.25, 0.3) is 0 Å². The minimum Gasteiger partial charge on any atom is -0.504 e. The van der Waals surface area contributed by atoms with E-state index in [1.54, 1.807) is 13.0 Å². The molecule has 0 aromatic heterocycles. The molecule has 0 amide bonds. The largest absolute Gasteiger partial charge is 0.504 e. The van der Waals surface area contributed by atoms with Gasteiger partial charge >= 0.3 is 5.97 Å². The van der Waals surface area contributed by atoms with Crippen LogP contribution in [0, 0.1) is 34.5 Å². The second-order valence-corrected chi connectivity index (χ2v) is 8.98. The highest BCUT2D eigenvalue weighted by molar-refractivity contribution is 6.07. The highest BCUT2D eigenvalue weighted by Crippen LogP contribution is 2.66. The summed E-state index contributed by atoms with van der Waals surface area (Å²) in [5.74, 6) is -2.23. The van der Waals surface area contributed by atoms with Gasteiger partial charge in [-0.05, 0) is 36.8 Å². The summed E-state index contributed by atoms with van der Waals surface area (Å²) >= 11 is 0. The van der Waals surface area contributed by atoms with Gasteiger partial charge in [-0.25, -0.2) is 0 Å². The van der Waals surface area contributed by atoms with Crippen molar-refractivity contribution in [2.75, 3.05) is 7.11 Å². The molecule has 0 bridgehead atoms. The summed E-state index contributed by atoms with van der Waals surface area (Å²) in [6.45, 7) is 7.47. The van der Waals surface area contributed by atoms with Gasteiger partial charge in [-0.15, -0.1) is 0 Å². The van der Waals surface area contributed by atoms with Crippen molar-refractivity contribution in [2.45, 2.75) is 46.6 Å². The topological polar surface area (TPSA) is 89.9 Å². The van der Waals surface area contributed by atoms with Gasteiger partial charge in [0.05, 0.1) is 13.5 Å². The van der Waals surface area contributed by atoms with E-state index in [1.165, 1.54) is 7.11 Å². The van der Waals surface area contributed by atoms with Crippen molar-refractivity contribution in [1.29, 1.82) is 0 Å². The number of methoxy groups -OCH3 is 1. The number of fused-ring (bicyclic) bond motifs is 2. The van der Waals surface area contributed by atoms with Gasteiger partial charge in [-0.3, -0.25) is 14.4 Å². The molecule has 1 aliphatic heterocycles. The number of hydrogen-bond donors (Lipinski definition) is 1. The fourth-order valence-corrected chi connectivity index (χ4v) is 6.56. The number of aliphatic hydroxyl groups excluding tert-OH is 1. The molecule has 2 fully saturated rings. The Kier molecular flexibility index (Phi) is 3.69. The fourth-order valence-electron chi connectivity index (χ4n) is 6.56. The maximum Gasteiger partial charge on any atom is 0.306 e. The molecule has 1 heterocycles. The maximum atomic E-state index is 13.4. The lowest BCUT2D eigenvalue weighted by atomic mass is 9.40. The van der Waals surface area contributed by atoms with Crippen LogP contribution in [0.4, 0.5) is 0 Å². The number of ketones is 2. The minimum absolute atomic E-state index is 0.0202. The summed E-state index contributed by atoms with van der Waals surface area (Å²) in [7, 11) is 1.46. The van der Waals surface area contributed by atoms with Crippen LogP contribution in [0.1, 0.15) is 40.5 Å². The Morgan fingerprint density at radius 2 is 1.93 bits per heavy atom. The molecule has 27 heavy (non-hydrogen) atoms. The second kappa shape index (κ2) is 5.46. The van der Waals surface area contributed by atoms with Crippen LogP contribution in [-0.2, 0) is 23.9 Å². The number of esters is 1. The lowest BCUT2D eigenvalue weighted by Crippen LogP contribution is -2.69. The Balaban J connectivity index is 1.98. The SMILES string of the molecule is COC1=CC(C)C2CC3OC(=O)CC4C(C)=C(O)C(=O)C(C2(C)C1=O)C34C. The third kappa shape index (κ3) is 1.99. The van der Waals surface area contributed by atoms with Gasteiger partial charge in [0.25, 0.3) is 0 Å². The monoisotopic (exact) mass is 374 g/mol. The molecule has 3 aliphatic carbocycles. The molecule has 146 valence electrons. The zero-order chi connectivity index (χ0) is 19.9.